The van der Waals surface area contributed by atoms with Crippen LogP contribution in [0.3, 0.4) is 0 Å². The van der Waals surface area contributed by atoms with Gasteiger partial charge in [0.1, 0.15) is 5.75 Å². The van der Waals surface area contributed by atoms with Crippen LogP contribution in [0.25, 0.3) is 0 Å². The molecular formula is C24H32N2O4. The average Bonchev–Trinajstić information content (AvgIpc) is 2.77. The van der Waals surface area contributed by atoms with Crippen molar-refractivity contribution in [1.82, 2.24) is 5.48 Å². The molecule has 0 aliphatic rings. The molecule has 0 aliphatic carbocycles. The summed E-state index contributed by atoms with van der Waals surface area (Å²) in [5.74, 6) is -0.0765. The summed E-state index contributed by atoms with van der Waals surface area (Å²) in [4.78, 5) is 23.2. The first-order chi connectivity index (χ1) is 14.6. The number of hydroxylamine groups is 1. The molecular weight excluding hydrogens is 380 g/mol. The van der Waals surface area contributed by atoms with Crippen molar-refractivity contribution in [1.29, 1.82) is 0 Å². The second-order valence-electron chi connectivity index (χ2n) is 7.41. The summed E-state index contributed by atoms with van der Waals surface area (Å²) >= 11 is 0. The lowest BCUT2D eigenvalue weighted by atomic mass is 10.0. The van der Waals surface area contributed by atoms with Gasteiger partial charge in [0.25, 0.3) is 5.91 Å². The number of hydrogen-bond donors (Lipinski definition) is 3. The summed E-state index contributed by atoms with van der Waals surface area (Å²) < 4.78 is 5.56. The second-order valence-corrected chi connectivity index (χ2v) is 7.41. The molecule has 2 amide bonds. The Balaban J connectivity index is 1.68. The number of benzene rings is 2. The van der Waals surface area contributed by atoms with Gasteiger partial charge < -0.3 is 10.1 Å². The van der Waals surface area contributed by atoms with Crippen LogP contribution >= 0.6 is 0 Å². The largest absolute Gasteiger partial charge is 0.484 e. The van der Waals surface area contributed by atoms with Crippen LogP contribution in [-0.2, 0) is 22.4 Å². The molecule has 2 aromatic rings. The van der Waals surface area contributed by atoms with Crippen molar-refractivity contribution in [3.63, 3.8) is 0 Å². The van der Waals surface area contributed by atoms with Crippen molar-refractivity contribution in [2.24, 2.45) is 0 Å². The predicted molar refractivity (Wildman–Crippen MR) is 118 cm³/mol. The highest BCUT2D eigenvalue weighted by atomic mass is 16.5. The molecule has 0 aromatic heterocycles. The van der Waals surface area contributed by atoms with Crippen LogP contribution in [-0.4, -0.2) is 23.6 Å². The second kappa shape index (κ2) is 13.4. The van der Waals surface area contributed by atoms with Crippen LogP contribution in [0.2, 0.25) is 0 Å². The summed E-state index contributed by atoms with van der Waals surface area (Å²) in [6.07, 6.45) is 8.86. The zero-order chi connectivity index (χ0) is 21.6. The number of carbonyl (C=O) groups is 2. The molecule has 0 saturated carbocycles. The molecule has 3 N–H and O–H groups in total. The van der Waals surface area contributed by atoms with E-state index in [1.54, 1.807) is 29.7 Å². The molecule has 0 heterocycles. The fourth-order valence-electron chi connectivity index (χ4n) is 3.14. The molecule has 0 radical (unpaired) electrons. The molecule has 6 nitrogen and oxygen atoms in total. The van der Waals surface area contributed by atoms with Gasteiger partial charge >= 0.3 is 0 Å². The number of amides is 2. The first kappa shape index (κ1) is 23.4. The van der Waals surface area contributed by atoms with Gasteiger partial charge in [0, 0.05) is 5.69 Å². The van der Waals surface area contributed by atoms with E-state index in [2.05, 4.69) is 24.4 Å². The number of aryl methyl sites for hydroxylation is 1. The van der Waals surface area contributed by atoms with E-state index in [0.29, 0.717) is 11.4 Å². The Labute approximate surface area is 178 Å². The minimum atomic E-state index is -0.488. The maximum absolute atomic E-state index is 12.1. The minimum absolute atomic E-state index is 0.0721. The van der Waals surface area contributed by atoms with Gasteiger partial charge in [-0.1, -0.05) is 63.3 Å². The maximum atomic E-state index is 12.1. The summed E-state index contributed by atoms with van der Waals surface area (Å²) in [5.41, 5.74) is 4.23. The lowest BCUT2D eigenvalue weighted by molar-refractivity contribution is -0.128. The van der Waals surface area contributed by atoms with Crippen molar-refractivity contribution in [3.8, 4) is 5.75 Å². The molecule has 0 aliphatic heterocycles. The Morgan fingerprint density at radius 2 is 1.47 bits per heavy atom. The third-order valence-electron chi connectivity index (χ3n) is 4.84. The topological polar surface area (TPSA) is 87.7 Å². The molecule has 0 atom stereocenters. The van der Waals surface area contributed by atoms with E-state index in [-0.39, 0.29) is 18.9 Å². The predicted octanol–water partition coefficient (Wildman–Crippen LogP) is 4.66. The van der Waals surface area contributed by atoms with E-state index in [0.717, 1.165) is 12.0 Å². The zero-order valence-electron chi connectivity index (χ0n) is 17.7. The van der Waals surface area contributed by atoms with Crippen molar-refractivity contribution >= 4 is 17.5 Å². The zero-order valence-corrected chi connectivity index (χ0v) is 17.7. The van der Waals surface area contributed by atoms with E-state index in [1.807, 2.05) is 12.1 Å². The highest BCUT2D eigenvalue weighted by Gasteiger charge is 2.06. The minimum Gasteiger partial charge on any atom is -0.484 e. The standard InChI is InChI=1S/C24H32N2O4/c1-2-3-4-5-6-7-8-19-11-15-22(16-12-19)30-18-24(28)25-21-13-9-20(10-14-21)17-23(27)26-29/h9-16,29H,2-8,17-18H2,1H3,(H,25,28)(H,26,27). The van der Waals surface area contributed by atoms with Crippen molar-refractivity contribution in [3.05, 3.63) is 59.7 Å². The number of carbonyl (C=O) groups excluding carboxylic acids is 2. The van der Waals surface area contributed by atoms with Crippen LogP contribution in [0.15, 0.2) is 48.5 Å². The highest BCUT2D eigenvalue weighted by molar-refractivity contribution is 5.91. The van der Waals surface area contributed by atoms with Crippen LogP contribution in [0.4, 0.5) is 5.69 Å². The van der Waals surface area contributed by atoms with Gasteiger partial charge in [-0.05, 0) is 48.2 Å². The summed E-state index contributed by atoms with van der Waals surface area (Å²) in [7, 11) is 0. The van der Waals surface area contributed by atoms with E-state index in [4.69, 9.17) is 9.94 Å². The smallest absolute Gasteiger partial charge is 0.262 e. The molecule has 0 bridgehead atoms. The van der Waals surface area contributed by atoms with Crippen LogP contribution in [0.1, 0.15) is 56.6 Å². The summed E-state index contributed by atoms with van der Waals surface area (Å²) in [6, 6.07) is 14.8. The van der Waals surface area contributed by atoms with Crippen LogP contribution in [0, 0.1) is 0 Å². The van der Waals surface area contributed by atoms with Crippen molar-refractivity contribution < 1.29 is 19.5 Å². The molecule has 2 rings (SSSR count). The average molecular weight is 413 g/mol. The first-order valence-electron chi connectivity index (χ1n) is 10.6. The van der Waals surface area contributed by atoms with E-state index >= 15 is 0 Å². The number of nitrogens with one attached hydrogen (secondary N) is 2. The Kier molecular flexibility index (Phi) is 10.4. The number of hydrogen-bond acceptors (Lipinski definition) is 4. The SMILES string of the molecule is CCCCCCCCc1ccc(OCC(=O)Nc2ccc(CC(=O)NO)cc2)cc1. The molecule has 0 saturated heterocycles. The summed E-state index contributed by atoms with van der Waals surface area (Å²) in [6.45, 7) is 2.15. The Hall–Kier alpha value is -2.86. The van der Waals surface area contributed by atoms with E-state index in [1.165, 1.54) is 44.1 Å². The van der Waals surface area contributed by atoms with Crippen LogP contribution < -0.4 is 15.5 Å². The monoisotopic (exact) mass is 412 g/mol. The highest BCUT2D eigenvalue weighted by Crippen LogP contribution is 2.16. The lowest BCUT2D eigenvalue weighted by Gasteiger charge is -2.09. The van der Waals surface area contributed by atoms with Gasteiger partial charge in [-0.3, -0.25) is 14.8 Å². The maximum Gasteiger partial charge on any atom is 0.262 e. The molecule has 6 heteroatoms. The van der Waals surface area contributed by atoms with Gasteiger partial charge in [-0.25, -0.2) is 5.48 Å². The number of ether oxygens (including phenoxy) is 1. The molecule has 0 spiro atoms. The lowest BCUT2D eigenvalue weighted by Crippen LogP contribution is -2.21. The fraction of sp³-hybridized carbons (Fsp3) is 0.417. The molecule has 162 valence electrons. The normalized spacial score (nSPS) is 10.5. The van der Waals surface area contributed by atoms with Gasteiger partial charge in [0.05, 0.1) is 6.42 Å². The van der Waals surface area contributed by atoms with Crippen molar-refractivity contribution in [2.75, 3.05) is 11.9 Å². The third kappa shape index (κ3) is 9.09. The molecule has 30 heavy (non-hydrogen) atoms. The van der Waals surface area contributed by atoms with Gasteiger partial charge in [0.15, 0.2) is 6.61 Å². The summed E-state index contributed by atoms with van der Waals surface area (Å²) in [5, 5.41) is 11.3. The number of unbranched alkanes of at least 4 members (excludes halogenated alkanes) is 5. The quantitative estimate of drug-likeness (QED) is 0.254. The Morgan fingerprint density at radius 3 is 2.13 bits per heavy atom. The number of rotatable bonds is 13. The van der Waals surface area contributed by atoms with Gasteiger partial charge in [-0.2, -0.15) is 0 Å². The van der Waals surface area contributed by atoms with Gasteiger partial charge in [-0.15, -0.1) is 0 Å². The molecule has 0 unspecified atom stereocenters. The van der Waals surface area contributed by atoms with E-state index < -0.39 is 5.91 Å². The van der Waals surface area contributed by atoms with Gasteiger partial charge in [0.2, 0.25) is 5.91 Å². The third-order valence-corrected chi connectivity index (χ3v) is 4.84. The molecule has 0 fully saturated rings. The van der Waals surface area contributed by atoms with Crippen LogP contribution in [0.5, 0.6) is 5.75 Å². The van der Waals surface area contributed by atoms with Crippen molar-refractivity contribution in [2.45, 2.75) is 58.3 Å². The molecule has 2 aromatic carbocycles. The number of anilines is 1. The fourth-order valence-corrected chi connectivity index (χ4v) is 3.14. The Morgan fingerprint density at radius 1 is 0.833 bits per heavy atom. The van der Waals surface area contributed by atoms with E-state index in [9.17, 15) is 9.59 Å². The Bertz CT molecular complexity index is 773. The first-order valence-corrected chi connectivity index (χ1v) is 10.6.